The predicted molar refractivity (Wildman–Crippen MR) is 128 cm³/mol. The molecule has 0 aliphatic heterocycles. The van der Waals surface area contributed by atoms with Crippen molar-refractivity contribution in [2.24, 2.45) is 0 Å². The van der Waals surface area contributed by atoms with Gasteiger partial charge in [-0.2, -0.15) is 0 Å². The number of anilines is 1. The number of nitrogens with one attached hydrogen (secondary N) is 2. The van der Waals surface area contributed by atoms with Crippen molar-refractivity contribution in [3.8, 4) is 0 Å². The maximum absolute atomic E-state index is 12.4. The molecule has 1 aliphatic carbocycles. The molecule has 32 heavy (non-hydrogen) atoms. The number of amides is 1. The number of rotatable bonds is 10. The van der Waals surface area contributed by atoms with E-state index in [-0.39, 0.29) is 11.9 Å². The quantitative estimate of drug-likeness (QED) is 0.435. The number of carbonyl (C=O) groups excluding carboxylic acids is 1. The minimum Gasteiger partial charge on any atom is -0.512 e. The highest BCUT2D eigenvalue weighted by Crippen LogP contribution is 2.28. The smallest absolute Gasteiger partial charge is 0.251 e. The van der Waals surface area contributed by atoms with Gasteiger partial charge in [0.1, 0.15) is 17.2 Å². The van der Waals surface area contributed by atoms with Crippen LogP contribution in [0.4, 0.5) is 5.82 Å². The van der Waals surface area contributed by atoms with Crippen molar-refractivity contribution in [1.29, 1.82) is 0 Å². The molecular formula is C25H34N4O3. The summed E-state index contributed by atoms with van der Waals surface area (Å²) in [6, 6.07) is 7.73. The van der Waals surface area contributed by atoms with E-state index in [0.717, 1.165) is 30.2 Å². The molecule has 4 N–H and O–H groups in total. The van der Waals surface area contributed by atoms with Crippen LogP contribution in [0.3, 0.4) is 0 Å². The highest BCUT2D eigenvalue weighted by atomic mass is 16.3. The molecule has 0 saturated heterocycles. The number of para-hydroxylation sites is 1. The second-order valence-corrected chi connectivity index (χ2v) is 8.52. The van der Waals surface area contributed by atoms with Gasteiger partial charge in [0.05, 0.1) is 11.1 Å². The number of fused-ring (bicyclic) bond motifs is 1. The monoisotopic (exact) mass is 438 g/mol. The average molecular weight is 439 g/mol. The van der Waals surface area contributed by atoms with Gasteiger partial charge in [0.15, 0.2) is 5.82 Å². The molecule has 2 aromatic rings. The number of allylic oxidation sites excluding steroid dienone is 4. The molecule has 7 heteroatoms. The second kappa shape index (κ2) is 10.6. The largest absolute Gasteiger partial charge is 0.512 e. The molecule has 1 heterocycles. The van der Waals surface area contributed by atoms with Crippen LogP contribution in [-0.4, -0.2) is 44.3 Å². The topological polar surface area (TPSA) is 107 Å². The third kappa shape index (κ3) is 5.65. The predicted octanol–water partition coefficient (Wildman–Crippen LogP) is 4.50. The summed E-state index contributed by atoms with van der Waals surface area (Å²) in [5, 5.41) is 27.9. The summed E-state index contributed by atoms with van der Waals surface area (Å²) in [4.78, 5) is 21.8. The molecule has 1 aromatic carbocycles. The van der Waals surface area contributed by atoms with Gasteiger partial charge in [0.25, 0.3) is 5.91 Å². The first-order valence-corrected chi connectivity index (χ1v) is 11.5. The van der Waals surface area contributed by atoms with Gasteiger partial charge in [-0.15, -0.1) is 0 Å². The van der Waals surface area contributed by atoms with Gasteiger partial charge in [0, 0.05) is 24.4 Å². The van der Waals surface area contributed by atoms with Crippen LogP contribution in [0.2, 0.25) is 0 Å². The number of hydrogen-bond donors (Lipinski definition) is 4. The van der Waals surface area contributed by atoms with E-state index in [2.05, 4.69) is 22.5 Å². The van der Waals surface area contributed by atoms with Crippen molar-refractivity contribution in [1.82, 2.24) is 15.3 Å². The Balaban J connectivity index is 1.77. The maximum Gasteiger partial charge on any atom is 0.251 e. The first-order valence-electron chi connectivity index (χ1n) is 11.5. The lowest BCUT2D eigenvalue weighted by molar-refractivity contribution is -0.139. The summed E-state index contributed by atoms with van der Waals surface area (Å²) in [6.07, 6.45) is 8.11. The number of benzene rings is 1. The Bertz CT molecular complexity index is 1010. The van der Waals surface area contributed by atoms with Gasteiger partial charge in [0.2, 0.25) is 0 Å². The Hall–Kier alpha value is -2.93. The summed E-state index contributed by atoms with van der Waals surface area (Å²) in [5.74, 6) is 1.17. The van der Waals surface area contributed by atoms with Crippen LogP contribution in [-0.2, 0) is 4.79 Å². The van der Waals surface area contributed by atoms with Gasteiger partial charge in [-0.05, 0) is 44.7 Å². The lowest BCUT2D eigenvalue weighted by Gasteiger charge is -2.25. The normalized spacial score (nSPS) is 16.6. The molecule has 0 radical (unpaired) electrons. The standard InChI is InChI=1S/C25H34N4O3/c1-4-10-17(27-24(31)25(3,32)5-2)15-16-26-22-18-11-6-8-13-20(18)28-23(29-22)19-12-7-9-14-21(19)30/h6-8,11-13,17,30,32H,4-5,9-10,14-16H2,1-3H3,(H,27,31)(H,26,28,29). The number of nitrogens with zero attached hydrogens (tertiary/aromatic N) is 2. The molecule has 0 bridgehead atoms. The summed E-state index contributed by atoms with van der Waals surface area (Å²) in [7, 11) is 0. The van der Waals surface area contributed by atoms with Crippen molar-refractivity contribution in [2.75, 3.05) is 11.9 Å². The van der Waals surface area contributed by atoms with Crippen molar-refractivity contribution in [3.05, 3.63) is 48.0 Å². The van der Waals surface area contributed by atoms with Crippen LogP contribution >= 0.6 is 0 Å². The van der Waals surface area contributed by atoms with Gasteiger partial charge in [-0.1, -0.05) is 44.6 Å². The van der Waals surface area contributed by atoms with Gasteiger partial charge < -0.3 is 20.8 Å². The van der Waals surface area contributed by atoms with Gasteiger partial charge >= 0.3 is 0 Å². The summed E-state index contributed by atoms with van der Waals surface area (Å²) in [6.45, 7) is 6.01. The Morgan fingerprint density at radius 2 is 2.00 bits per heavy atom. The highest BCUT2D eigenvalue weighted by Gasteiger charge is 2.29. The number of carbonyl (C=O) groups is 1. The number of aromatic nitrogens is 2. The van der Waals surface area contributed by atoms with E-state index >= 15 is 0 Å². The molecular weight excluding hydrogens is 404 g/mol. The molecule has 0 spiro atoms. The third-order valence-electron chi connectivity index (χ3n) is 5.92. The maximum atomic E-state index is 12.4. The van der Waals surface area contributed by atoms with Crippen LogP contribution in [0, 0.1) is 0 Å². The van der Waals surface area contributed by atoms with Gasteiger partial charge in [-0.25, -0.2) is 9.97 Å². The molecule has 2 unspecified atom stereocenters. The van der Waals surface area contributed by atoms with E-state index in [9.17, 15) is 15.0 Å². The number of aliphatic hydroxyl groups is 2. The fourth-order valence-corrected chi connectivity index (χ4v) is 3.69. The lowest BCUT2D eigenvalue weighted by atomic mass is 10.0. The summed E-state index contributed by atoms with van der Waals surface area (Å²) < 4.78 is 0. The van der Waals surface area contributed by atoms with Crippen LogP contribution in [0.15, 0.2) is 42.2 Å². The average Bonchev–Trinajstić information content (AvgIpc) is 2.79. The zero-order valence-corrected chi connectivity index (χ0v) is 19.2. The SMILES string of the molecule is CCCC(CCNc1nc(C2=C(O)CCC=C2)nc2ccccc12)NC(=O)C(C)(O)CC. The van der Waals surface area contributed by atoms with Crippen molar-refractivity contribution >= 4 is 28.2 Å². The zero-order chi connectivity index (χ0) is 23.1. The summed E-state index contributed by atoms with van der Waals surface area (Å²) in [5.41, 5.74) is 0.0973. The molecule has 1 aliphatic rings. The molecule has 1 aromatic heterocycles. The third-order valence-corrected chi connectivity index (χ3v) is 5.92. The minimum absolute atomic E-state index is 0.0429. The van der Waals surface area contributed by atoms with Crippen LogP contribution < -0.4 is 10.6 Å². The molecule has 0 fully saturated rings. The van der Waals surface area contributed by atoms with E-state index in [1.807, 2.05) is 36.4 Å². The first kappa shape index (κ1) is 23.7. The van der Waals surface area contributed by atoms with E-state index < -0.39 is 5.60 Å². The highest BCUT2D eigenvalue weighted by molar-refractivity contribution is 5.91. The van der Waals surface area contributed by atoms with Crippen LogP contribution in [0.5, 0.6) is 0 Å². The fraction of sp³-hybridized carbons (Fsp3) is 0.480. The fourth-order valence-electron chi connectivity index (χ4n) is 3.69. The number of hydrogen-bond acceptors (Lipinski definition) is 6. The lowest BCUT2D eigenvalue weighted by Crippen LogP contribution is -2.48. The van der Waals surface area contributed by atoms with Crippen LogP contribution in [0.1, 0.15) is 65.1 Å². The Labute approximate surface area is 189 Å². The Morgan fingerprint density at radius 1 is 1.22 bits per heavy atom. The van der Waals surface area contributed by atoms with Crippen molar-refractivity contribution in [2.45, 2.75) is 70.9 Å². The number of aliphatic hydroxyl groups excluding tert-OH is 1. The van der Waals surface area contributed by atoms with E-state index in [1.54, 1.807) is 13.8 Å². The summed E-state index contributed by atoms with van der Waals surface area (Å²) >= 11 is 0. The first-order chi connectivity index (χ1) is 15.4. The molecule has 0 saturated carbocycles. The Kier molecular flexibility index (Phi) is 7.85. The second-order valence-electron chi connectivity index (χ2n) is 8.52. The Morgan fingerprint density at radius 3 is 2.72 bits per heavy atom. The molecule has 2 atom stereocenters. The van der Waals surface area contributed by atoms with E-state index in [1.165, 1.54) is 0 Å². The minimum atomic E-state index is -1.36. The molecule has 3 rings (SSSR count). The van der Waals surface area contributed by atoms with E-state index in [4.69, 9.17) is 4.98 Å². The molecule has 7 nitrogen and oxygen atoms in total. The zero-order valence-electron chi connectivity index (χ0n) is 19.2. The van der Waals surface area contributed by atoms with Gasteiger partial charge in [-0.3, -0.25) is 4.79 Å². The van der Waals surface area contributed by atoms with Crippen molar-refractivity contribution < 1.29 is 15.0 Å². The molecule has 1 amide bonds. The van der Waals surface area contributed by atoms with Crippen LogP contribution in [0.25, 0.3) is 16.5 Å². The molecule has 172 valence electrons. The van der Waals surface area contributed by atoms with E-state index in [0.29, 0.717) is 48.8 Å². The van der Waals surface area contributed by atoms with Crippen molar-refractivity contribution in [3.63, 3.8) is 0 Å².